The van der Waals surface area contributed by atoms with Crippen LogP contribution in [-0.4, -0.2) is 33.1 Å². The Morgan fingerprint density at radius 1 is 1.11 bits per heavy atom. The molecular weight excluding hydrogens is 602 g/mol. The third kappa shape index (κ3) is 7.57. The molecule has 0 aliphatic rings. The molecule has 2 unspecified atom stereocenters. The molecular formula is C26H25F3IN3O4. The fourth-order valence-electron chi connectivity index (χ4n) is 3.80. The van der Waals surface area contributed by atoms with E-state index >= 15 is 0 Å². The van der Waals surface area contributed by atoms with Gasteiger partial charge < -0.3 is 20.5 Å². The lowest BCUT2D eigenvalue weighted by Gasteiger charge is -2.26. The summed E-state index contributed by atoms with van der Waals surface area (Å²) in [6, 6.07) is 11.9. The maximum absolute atomic E-state index is 13.7. The summed E-state index contributed by atoms with van der Waals surface area (Å²) >= 11 is 2.05. The van der Waals surface area contributed by atoms with Gasteiger partial charge in [-0.15, -0.1) is 0 Å². The molecule has 0 saturated heterocycles. The Bertz CT molecular complexity index is 1250. The highest BCUT2D eigenvalue weighted by Crippen LogP contribution is 2.41. The Labute approximate surface area is 225 Å². The number of hydrogen-bond acceptors (Lipinski definition) is 4. The van der Waals surface area contributed by atoms with Gasteiger partial charge in [-0.2, -0.15) is 13.2 Å². The van der Waals surface area contributed by atoms with Crippen molar-refractivity contribution in [3.05, 3.63) is 83.2 Å². The number of aliphatic carboxylic acids is 1. The van der Waals surface area contributed by atoms with Crippen LogP contribution in [0.25, 0.3) is 11.1 Å². The molecule has 0 bridgehead atoms. The summed E-state index contributed by atoms with van der Waals surface area (Å²) in [7, 11) is 1.42. The number of carboxylic acids is 1. The highest BCUT2D eigenvalue weighted by atomic mass is 127. The first kappa shape index (κ1) is 28.2. The van der Waals surface area contributed by atoms with Gasteiger partial charge in [0, 0.05) is 15.7 Å². The van der Waals surface area contributed by atoms with Crippen molar-refractivity contribution < 1.29 is 32.6 Å². The van der Waals surface area contributed by atoms with Gasteiger partial charge in [-0.3, -0.25) is 9.78 Å². The van der Waals surface area contributed by atoms with E-state index in [2.05, 4.69) is 15.6 Å². The van der Waals surface area contributed by atoms with Gasteiger partial charge in [0.15, 0.2) is 0 Å². The van der Waals surface area contributed by atoms with E-state index < -0.39 is 29.8 Å². The van der Waals surface area contributed by atoms with Gasteiger partial charge in [0.1, 0.15) is 5.75 Å². The molecule has 0 aliphatic heterocycles. The number of pyridine rings is 1. The summed E-state index contributed by atoms with van der Waals surface area (Å²) < 4.78 is 46.2. The van der Waals surface area contributed by atoms with Crippen molar-refractivity contribution in [2.45, 2.75) is 36.0 Å². The molecule has 0 aliphatic carbocycles. The maximum Gasteiger partial charge on any atom is 0.416 e. The van der Waals surface area contributed by atoms with Gasteiger partial charge >= 0.3 is 18.2 Å². The van der Waals surface area contributed by atoms with Crippen molar-refractivity contribution in [3.63, 3.8) is 0 Å². The number of urea groups is 1. The van der Waals surface area contributed by atoms with Crippen molar-refractivity contribution in [3.8, 4) is 16.9 Å². The predicted octanol–water partition coefficient (Wildman–Crippen LogP) is 5.77. The Kier molecular flexibility index (Phi) is 9.35. The second-order valence-electron chi connectivity index (χ2n) is 8.21. The monoisotopic (exact) mass is 627 g/mol. The van der Waals surface area contributed by atoms with Crippen molar-refractivity contribution >= 4 is 34.6 Å². The molecule has 11 heteroatoms. The van der Waals surface area contributed by atoms with E-state index in [1.165, 1.54) is 13.2 Å². The number of benzene rings is 2. The lowest BCUT2D eigenvalue weighted by molar-refractivity contribution is -0.138. The third-order valence-electron chi connectivity index (χ3n) is 5.53. The third-order valence-corrected chi connectivity index (χ3v) is 6.24. The van der Waals surface area contributed by atoms with Crippen LogP contribution in [0.5, 0.6) is 5.75 Å². The number of nitrogens with zero attached hydrogens (tertiary/aromatic N) is 1. The number of amides is 2. The SMILES string of the molecule is COc1ccc(CC(=O)O)cc1-c1ccc(C(F)(F)F)cc1C(NC(=O)NCc1ccccn1)C(C)I. The number of aromatic nitrogens is 1. The topological polar surface area (TPSA) is 101 Å². The van der Waals surface area contributed by atoms with E-state index in [0.29, 0.717) is 28.1 Å². The molecule has 1 aromatic heterocycles. The molecule has 7 nitrogen and oxygen atoms in total. The number of carbonyl (C=O) groups excluding carboxylic acids is 1. The molecule has 2 amide bonds. The predicted molar refractivity (Wildman–Crippen MR) is 141 cm³/mol. The molecule has 0 fully saturated rings. The molecule has 3 aromatic rings. The number of alkyl halides is 4. The van der Waals surface area contributed by atoms with E-state index in [9.17, 15) is 27.9 Å². The Morgan fingerprint density at radius 3 is 2.46 bits per heavy atom. The van der Waals surface area contributed by atoms with Crippen molar-refractivity contribution in [1.29, 1.82) is 0 Å². The number of ether oxygens (including phenoxy) is 1. The molecule has 0 radical (unpaired) electrons. The number of rotatable bonds is 9. The second-order valence-corrected chi connectivity index (χ2v) is 10.2. The minimum atomic E-state index is -4.61. The fraction of sp³-hybridized carbons (Fsp3) is 0.269. The number of hydrogen-bond donors (Lipinski definition) is 3. The fourth-order valence-corrected chi connectivity index (χ4v) is 4.36. The zero-order valence-electron chi connectivity index (χ0n) is 20.0. The van der Waals surface area contributed by atoms with Crippen LogP contribution in [0.2, 0.25) is 0 Å². The molecule has 3 N–H and O–H groups in total. The molecule has 0 spiro atoms. The molecule has 1 heterocycles. The summed E-state index contributed by atoms with van der Waals surface area (Å²) in [4.78, 5) is 28.2. The van der Waals surface area contributed by atoms with Gasteiger partial charge in [0.25, 0.3) is 0 Å². The highest BCUT2D eigenvalue weighted by Gasteiger charge is 2.33. The quantitative estimate of drug-likeness (QED) is 0.207. The molecule has 37 heavy (non-hydrogen) atoms. The first-order valence-corrected chi connectivity index (χ1v) is 12.4. The minimum Gasteiger partial charge on any atom is -0.496 e. The van der Waals surface area contributed by atoms with E-state index in [-0.39, 0.29) is 22.5 Å². The Morgan fingerprint density at radius 2 is 1.86 bits per heavy atom. The highest BCUT2D eigenvalue weighted by molar-refractivity contribution is 14.1. The van der Waals surface area contributed by atoms with Gasteiger partial charge in [-0.25, -0.2) is 4.79 Å². The van der Waals surface area contributed by atoms with Crippen LogP contribution in [0.1, 0.15) is 35.3 Å². The number of nitrogens with one attached hydrogen (secondary N) is 2. The van der Waals surface area contributed by atoms with E-state index in [0.717, 1.165) is 12.1 Å². The molecule has 2 atom stereocenters. The zero-order valence-corrected chi connectivity index (χ0v) is 22.1. The summed E-state index contributed by atoms with van der Waals surface area (Å²) in [6.07, 6.45) is -3.29. The lowest BCUT2D eigenvalue weighted by Crippen LogP contribution is -2.40. The van der Waals surface area contributed by atoms with E-state index in [1.807, 2.05) is 22.6 Å². The molecule has 196 valence electrons. The van der Waals surface area contributed by atoms with Gasteiger partial charge in [0.05, 0.1) is 37.4 Å². The maximum atomic E-state index is 13.7. The van der Waals surface area contributed by atoms with Crippen LogP contribution in [0, 0.1) is 0 Å². The largest absolute Gasteiger partial charge is 0.496 e. The van der Waals surface area contributed by atoms with Crippen molar-refractivity contribution in [1.82, 2.24) is 15.6 Å². The summed E-state index contributed by atoms with van der Waals surface area (Å²) in [6.45, 7) is 1.90. The van der Waals surface area contributed by atoms with Gasteiger partial charge in [0.2, 0.25) is 0 Å². The van der Waals surface area contributed by atoms with Crippen LogP contribution >= 0.6 is 22.6 Å². The standard InChI is InChI=1S/C26H25F3IN3O4/c1-15(30)24(33-25(36)32-14-18-5-3-4-10-31-18)21-13-17(26(27,28)29)7-8-19(21)20-11-16(12-23(34)35)6-9-22(20)37-2/h3-11,13,15,24H,12,14H2,1-2H3,(H,34,35)(H2,32,33,36). The van der Waals surface area contributed by atoms with E-state index in [4.69, 9.17) is 4.74 Å². The number of carbonyl (C=O) groups is 2. The molecule has 2 aromatic carbocycles. The van der Waals surface area contributed by atoms with Crippen LogP contribution in [0.4, 0.5) is 18.0 Å². The Hall–Kier alpha value is -3.35. The average Bonchev–Trinajstić information content (AvgIpc) is 2.85. The first-order valence-electron chi connectivity index (χ1n) is 11.2. The zero-order chi connectivity index (χ0) is 27.2. The molecule has 0 saturated carbocycles. The lowest BCUT2D eigenvalue weighted by atomic mass is 9.90. The van der Waals surface area contributed by atoms with E-state index in [1.54, 1.807) is 49.5 Å². The van der Waals surface area contributed by atoms with Gasteiger partial charge in [-0.05, 0) is 53.1 Å². The number of carboxylic acid groups (broad SMARTS) is 1. The average molecular weight is 627 g/mol. The summed E-state index contributed by atoms with van der Waals surface area (Å²) in [5, 5.41) is 14.7. The van der Waals surface area contributed by atoms with Crippen molar-refractivity contribution in [2.24, 2.45) is 0 Å². The Balaban J connectivity index is 2.06. The normalized spacial score (nSPS) is 12.9. The van der Waals surface area contributed by atoms with Crippen LogP contribution in [-0.2, 0) is 23.9 Å². The molecule has 3 rings (SSSR count). The minimum absolute atomic E-state index is 0.134. The summed E-state index contributed by atoms with van der Waals surface area (Å²) in [5.41, 5.74) is 1.23. The van der Waals surface area contributed by atoms with Crippen LogP contribution in [0.15, 0.2) is 60.8 Å². The smallest absolute Gasteiger partial charge is 0.416 e. The summed E-state index contributed by atoms with van der Waals surface area (Å²) in [5.74, 6) is -0.691. The van der Waals surface area contributed by atoms with Crippen LogP contribution < -0.4 is 15.4 Å². The van der Waals surface area contributed by atoms with Crippen molar-refractivity contribution in [2.75, 3.05) is 7.11 Å². The first-order chi connectivity index (χ1) is 17.5. The number of halogens is 4. The number of methoxy groups -OCH3 is 1. The van der Waals surface area contributed by atoms with Crippen LogP contribution in [0.3, 0.4) is 0 Å². The van der Waals surface area contributed by atoms with Gasteiger partial charge in [-0.1, -0.05) is 47.7 Å². The second kappa shape index (κ2) is 12.3.